The van der Waals surface area contributed by atoms with Gasteiger partial charge in [0.25, 0.3) is 5.91 Å². The van der Waals surface area contributed by atoms with Crippen LogP contribution in [0.2, 0.25) is 5.02 Å². The van der Waals surface area contributed by atoms with Gasteiger partial charge in [-0.25, -0.2) is 0 Å². The molecule has 1 atom stereocenters. The number of nitrogens with zero attached hydrogens (tertiary/aromatic N) is 2. The Morgan fingerprint density at radius 1 is 1.41 bits per heavy atom. The molecule has 22 heavy (non-hydrogen) atoms. The number of aliphatic hydroxyl groups is 1. The Bertz CT molecular complexity index is 694. The highest BCUT2D eigenvalue weighted by molar-refractivity contribution is 6.32. The van der Waals surface area contributed by atoms with Crippen molar-refractivity contribution in [3.63, 3.8) is 0 Å². The van der Waals surface area contributed by atoms with Crippen molar-refractivity contribution in [3.05, 3.63) is 41.0 Å². The Labute approximate surface area is 134 Å². The maximum Gasteiger partial charge on any atom is 0.256 e. The smallest absolute Gasteiger partial charge is 0.256 e. The number of fused-ring (bicyclic) bond motifs is 1. The summed E-state index contributed by atoms with van der Waals surface area (Å²) in [6.45, 7) is 3.14. The fourth-order valence-corrected chi connectivity index (χ4v) is 3.30. The molecule has 1 fully saturated rings. The van der Waals surface area contributed by atoms with E-state index in [1.165, 1.54) is 0 Å². The zero-order chi connectivity index (χ0) is 15.7. The summed E-state index contributed by atoms with van der Waals surface area (Å²) in [7, 11) is 0. The van der Waals surface area contributed by atoms with Crippen LogP contribution in [0.3, 0.4) is 0 Å². The molecule has 2 aromatic rings. The third-order valence-corrected chi connectivity index (χ3v) is 4.63. The molecule has 0 radical (unpaired) electrons. The molecular weight excluding hydrogens is 300 g/mol. The van der Waals surface area contributed by atoms with Crippen LogP contribution in [-0.4, -0.2) is 40.1 Å². The van der Waals surface area contributed by atoms with E-state index in [0.29, 0.717) is 29.2 Å². The summed E-state index contributed by atoms with van der Waals surface area (Å²) < 4.78 is 0. The lowest BCUT2D eigenvalue weighted by molar-refractivity contribution is 0.0522. The van der Waals surface area contributed by atoms with E-state index in [1.54, 1.807) is 12.3 Å². The Balaban J connectivity index is 1.87. The number of pyridine rings is 1. The van der Waals surface area contributed by atoms with Crippen molar-refractivity contribution in [1.29, 1.82) is 0 Å². The lowest BCUT2D eigenvalue weighted by Gasteiger charge is -2.33. The minimum absolute atomic E-state index is 0.0322. The summed E-state index contributed by atoms with van der Waals surface area (Å²) in [5, 5.41) is 11.1. The fraction of sp³-hybridized carbons (Fsp3) is 0.412. The summed E-state index contributed by atoms with van der Waals surface area (Å²) in [5.74, 6) is 0.244. The maximum atomic E-state index is 12.8. The van der Waals surface area contributed by atoms with Crippen molar-refractivity contribution in [1.82, 2.24) is 9.88 Å². The molecule has 0 bridgehead atoms. The SMILES string of the molecule is CC(O)C1CCN(C(=O)c2cc(Cl)cc3cccnc23)CC1. The molecule has 0 aliphatic carbocycles. The van der Waals surface area contributed by atoms with Crippen molar-refractivity contribution >= 4 is 28.4 Å². The second kappa shape index (κ2) is 6.23. The minimum atomic E-state index is -0.314. The molecule has 0 saturated carbocycles. The van der Waals surface area contributed by atoms with Gasteiger partial charge >= 0.3 is 0 Å². The second-order valence-electron chi connectivity index (χ2n) is 5.90. The van der Waals surface area contributed by atoms with Gasteiger partial charge in [-0.2, -0.15) is 0 Å². The predicted molar refractivity (Wildman–Crippen MR) is 87.1 cm³/mol. The zero-order valence-corrected chi connectivity index (χ0v) is 13.3. The van der Waals surface area contributed by atoms with Gasteiger partial charge in [-0.3, -0.25) is 9.78 Å². The van der Waals surface area contributed by atoms with Crippen molar-refractivity contribution in [2.24, 2.45) is 5.92 Å². The molecule has 1 aromatic carbocycles. The number of piperidine rings is 1. The molecule has 0 spiro atoms. The van der Waals surface area contributed by atoms with E-state index in [4.69, 9.17) is 11.6 Å². The van der Waals surface area contributed by atoms with Gasteiger partial charge in [0.2, 0.25) is 0 Å². The first kappa shape index (κ1) is 15.3. The third kappa shape index (κ3) is 2.94. The van der Waals surface area contributed by atoms with Gasteiger partial charge in [-0.05, 0) is 43.9 Å². The largest absolute Gasteiger partial charge is 0.393 e. The van der Waals surface area contributed by atoms with Gasteiger partial charge in [0.05, 0.1) is 17.2 Å². The molecule has 1 aliphatic rings. The first-order chi connectivity index (χ1) is 10.6. The van der Waals surface area contributed by atoms with Crippen LogP contribution in [0.15, 0.2) is 30.5 Å². The average Bonchev–Trinajstić information content (AvgIpc) is 2.53. The van der Waals surface area contributed by atoms with Gasteiger partial charge in [0.15, 0.2) is 0 Å². The summed E-state index contributed by atoms with van der Waals surface area (Å²) in [6.07, 6.45) is 3.03. The van der Waals surface area contributed by atoms with E-state index in [-0.39, 0.29) is 17.9 Å². The van der Waals surface area contributed by atoms with Crippen molar-refractivity contribution in [2.75, 3.05) is 13.1 Å². The Kier molecular flexibility index (Phi) is 4.32. The Morgan fingerprint density at radius 3 is 2.82 bits per heavy atom. The lowest BCUT2D eigenvalue weighted by Crippen LogP contribution is -2.40. The molecule has 1 aromatic heterocycles. The van der Waals surface area contributed by atoms with Crippen LogP contribution in [0.25, 0.3) is 10.9 Å². The van der Waals surface area contributed by atoms with E-state index in [2.05, 4.69) is 4.98 Å². The standard InChI is InChI=1S/C17H19ClN2O2/c1-11(21)12-4-7-20(8-5-12)17(22)15-10-14(18)9-13-3-2-6-19-16(13)15/h2-3,6,9-12,21H,4-5,7-8H2,1H3. The molecule has 2 heterocycles. The predicted octanol–water partition coefficient (Wildman–Crippen LogP) is 3.12. The van der Waals surface area contributed by atoms with Crippen molar-refractivity contribution in [2.45, 2.75) is 25.9 Å². The third-order valence-electron chi connectivity index (χ3n) is 4.41. The number of rotatable bonds is 2. The number of aromatic nitrogens is 1. The zero-order valence-electron chi connectivity index (χ0n) is 12.5. The summed E-state index contributed by atoms with van der Waals surface area (Å²) in [6, 6.07) is 7.26. The molecule has 1 aliphatic heterocycles. The first-order valence-electron chi connectivity index (χ1n) is 7.58. The molecule has 1 amide bonds. The number of aliphatic hydroxyl groups excluding tert-OH is 1. The van der Waals surface area contributed by atoms with Crippen LogP contribution in [-0.2, 0) is 0 Å². The van der Waals surface area contributed by atoms with Crippen LogP contribution in [0.5, 0.6) is 0 Å². The van der Waals surface area contributed by atoms with E-state index in [0.717, 1.165) is 18.2 Å². The molecular formula is C17H19ClN2O2. The van der Waals surface area contributed by atoms with Crippen LogP contribution >= 0.6 is 11.6 Å². The van der Waals surface area contributed by atoms with Crippen LogP contribution < -0.4 is 0 Å². The Morgan fingerprint density at radius 2 is 2.14 bits per heavy atom. The summed E-state index contributed by atoms with van der Waals surface area (Å²) in [4.78, 5) is 19.0. The highest BCUT2D eigenvalue weighted by Gasteiger charge is 2.27. The number of carbonyl (C=O) groups excluding carboxylic acids is 1. The number of hydrogen-bond donors (Lipinski definition) is 1. The number of halogens is 1. The van der Waals surface area contributed by atoms with Crippen LogP contribution in [0.4, 0.5) is 0 Å². The normalized spacial score (nSPS) is 17.7. The molecule has 116 valence electrons. The van der Waals surface area contributed by atoms with Crippen molar-refractivity contribution in [3.8, 4) is 0 Å². The number of amides is 1. The monoisotopic (exact) mass is 318 g/mol. The second-order valence-corrected chi connectivity index (χ2v) is 6.34. The molecule has 1 N–H and O–H groups in total. The van der Waals surface area contributed by atoms with Crippen molar-refractivity contribution < 1.29 is 9.90 Å². The summed E-state index contributed by atoms with van der Waals surface area (Å²) >= 11 is 6.14. The minimum Gasteiger partial charge on any atom is -0.393 e. The lowest BCUT2D eigenvalue weighted by atomic mass is 9.92. The average molecular weight is 319 g/mol. The number of carbonyl (C=O) groups is 1. The molecule has 5 heteroatoms. The highest BCUT2D eigenvalue weighted by atomic mass is 35.5. The van der Waals surface area contributed by atoms with E-state index < -0.39 is 0 Å². The molecule has 1 saturated heterocycles. The fourth-order valence-electron chi connectivity index (χ4n) is 3.07. The van der Waals surface area contributed by atoms with Crippen LogP contribution in [0.1, 0.15) is 30.1 Å². The summed E-state index contributed by atoms with van der Waals surface area (Å²) in [5.41, 5.74) is 1.24. The van der Waals surface area contributed by atoms with Gasteiger partial charge in [-0.1, -0.05) is 17.7 Å². The van der Waals surface area contributed by atoms with Gasteiger partial charge in [-0.15, -0.1) is 0 Å². The van der Waals surface area contributed by atoms with E-state index >= 15 is 0 Å². The number of likely N-dealkylation sites (tertiary alicyclic amines) is 1. The molecule has 1 unspecified atom stereocenters. The van der Waals surface area contributed by atoms with Gasteiger partial charge in [0.1, 0.15) is 0 Å². The highest BCUT2D eigenvalue weighted by Crippen LogP contribution is 2.26. The van der Waals surface area contributed by atoms with Gasteiger partial charge < -0.3 is 10.0 Å². The van der Waals surface area contributed by atoms with Crippen LogP contribution in [0, 0.1) is 5.92 Å². The van der Waals surface area contributed by atoms with E-state index in [9.17, 15) is 9.90 Å². The first-order valence-corrected chi connectivity index (χ1v) is 7.95. The number of hydrogen-bond acceptors (Lipinski definition) is 3. The maximum absolute atomic E-state index is 12.8. The topological polar surface area (TPSA) is 53.4 Å². The van der Waals surface area contributed by atoms with E-state index in [1.807, 2.05) is 30.0 Å². The number of benzene rings is 1. The molecule has 3 rings (SSSR count). The Hall–Kier alpha value is -1.65. The quantitative estimate of drug-likeness (QED) is 0.925. The molecule has 4 nitrogen and oxygen atoms in total. The van der Waals surface area contributed by atoms with Gasteiger partial charge in [0, 0.05) is 29.7 Å².